The fourth-order valence-corrected chi connectivity index (χ4v) is 5.07. The van der Waals surface area contributed by atoms with E-state index < -0.39 is 0 Å². The Balaban J connectivity index is 1.44. The van der Waals surface area contributed by atoms with Crippen molar-refractivity contribution in [2.45, 2.75) is 0 Å². The molecule has 0 N–H and O–H groups in total. The van der Waals surface area contributed by atoms with Crippen LogP contribution in [0.2, 0.25) is 0 Å². The number of fused-ring (bicyclic) bond motifs is 5. The highest BCUT2D eigenvalue weighted by Gasteiger charge is 2.16. The fourth-order valence-electron chi connectivity index (χ4n) is 5.07. The number of hydrogen-bond donors (Lipinski definition) is 0. The fraction of sp³-hybridized carbons (Fsp3) is 0. The van der Waals surface area contributed by atoms with E-state index in [1.807, 2.05) is 24.4 Å². The lowest BCUT2D eigenvalue weighted by Gasteiger charge is -2.09. The van der Waals surface area contributed by atoms with Gasteiger partial charge in [-0.15, -0.1) is 0 Å². The van der Waals surface area contributed by atoms with Crippen LogP contribution >= 0.6 is 0 Å². The molecule has 0 aliphatic carbocycles. The van der Waals surface area contributed by atoms with Crippen LogP contribution in [0.3, 0.4) is 0 Å². The average Bonchev–Trinajstić information content (AvgIpc) is 3.49. The van der Waals surface area contributed by atoms with E-state index in [-0.39, 0.29) is 0 Å². The molecule has 0 aliphatic rings. The van der Waals surface area contributed by atoms with Gasteiger partial charge in [-0.1, -0.05) is 66.7 Å². The summed E-state index contributed by atoms with van der Waals surface area (Å²) < 4.78 is 4.59. The first-order valence-electron chi connectivity index (χ1n) is 11.5. The number of para-hydroxylation sites is 2. The quantitative estimate of drug-likeness (QED) is 0.278. The van der Waals surface area contributed by atoms with Crippen molar-refractivity contribution < 1.29 is 0 Å². The van der Waals surface area contributed by atoms with Crippen molar-refractivity contribution in [1.29, 1.82) is 0 Å². The summed E-state index contributed by atoms with van der Waals surface area (Å²) in [6, 6.07) is 40.5. The van der Waals surface area contributed by atoms with Crippen molar-refractivity contribution >= 4 is 32.7 Å². The number of hydrogen-bond acceptors (Lipinski definition) is 1. The van der Waals surface area contributed by atoms with Gasteiger partial charge in [0.2, 0.25) is 0 Å². The summed E-state index contributed by atoms with van der Waals surface area (Å²) in [5.41, 5.74) is 7.95. The van der Waals surface area contributed by atoms with Gasteiger partial charge in [0, 0.05) is 33.6 Å². The van der Waals surface area contributed by atoms with Crippen LogP contribution in [0.5, 0.6) is 0 Å². The molecule has 0 amide bonds. The van der Waals surface area contributed by atoms with Crippen LogP contribution in [0.4, 0.5) is 0 Å². The maximum absolute atomic E-state index is 4.74. The number of nitrogens with zero attached hydrogens (tertiary/aromatic N) is 3. The van der Waals surface area contributed by atoms with E-state index in [1.165, 1.54) is 38.4 Å². The number of pyridine rings is 1. The molecule has 7 rings (SSSR count). The van der Waals surface area contributed by atoms with Crippen molar-refractivity contribution in [2.24, 2.45) is 0 Å². The minimum Gasteiger partial charge on any atom is -0.315 e. The summed E-state index contributed by atoms with van der Waals surface area (Å²) in [6.07, 6.45) is 4.11. The third-order valence-electron chi connectivity index (χ3n) is 6.62. The Bertz CT molecular complexity index is 1770. The Hall–Kier alpha value is -4.63. The zero-order valence-electron chi connectivity index (χ0n) is 18.5. The molecule has 0 bridgehead atoms. The molecule has 0 saturated carbocycles. The molecule has 3 nitrogen and oxygen atoms in total. The maximum atomic E-state index is 4.74. The molecule has 0 saturated heterocycles. The van der Waals surface area contributed by atoms with Gasteiger partial charge in [-0.25, -0.2) is 0 Å². The first kappa shape index (κ1) is 18.9. The highest BCUT2D eigenvalue weighted by atomic mass is 15.0. The van der Waals surface area contributed by atoms with Gasteiger partial charge in [0.05, 0.1) is 34.1 Å². The van der Waals surface area contributed by atoms with E-state index in [0.29, 0.717) is 0 Å². The van der Waals surface area contributed by atoms with Crippen molar-refractivity contribution in [3.05, 3.63) is 128 Å². The second-order valence-electron chi connectivity index (χ2n) is 8.53. The minimum absolute atomic E-state index is 0.981. The van der Waals surface area contributed by atoms with Crippen molar-refractivity contribution in [2.75, 3.05) is 0 Å². The molecule has 0 unspecified atom stereocenters. The Morgan fingerprint density at radius 3 is 2.00 bits per heavy atom. The molecule has 0 radical (unpaired) electrons. The van der Waals surface area contributed by atoms with Gasteiger partial charge in [-0.2, -0.15) is 0 Å². The normalized spacial score (nSPS) is 11.5. The van der Waals surface area contributed by atoms with E-state index in [1.54, 1.807) is 0 Å². The number of rotatable bonds is 3. The average molecular weight is 436 g/mol. The summed E-state index contributed by atoms with van der Waals surface area (Å²) in [5, 5.41) is 3.79. The lowest BCUT2D eigenvalue weighted by atomic mass is 10.1. The topological polar surface area (TPSA) is 22.8 Å². The predicted octanol–water partition coefficient (Wildman–Crippen LogP) is 7.79. The molecule has 0 aliphatic heterocycles. The van der Waals surface area contributed by atoms with Crippen LogP contribution in [-0.4, -0.2) is 14.1 Å². The summed E-state index contributed by atoms with van der Waals surface area (Å²) in [7, 11) is 0. The molecule has 160 valence electrons. The van der Waals surface area contributed by atoms with Gasteiger partial charge in [-0.05, 0) is 48.5 Å². The second kappa shape index (κ2) is 7.46. The standard InChI is InChI=1S/C31H21N3/c1-3-9-22(10-4-1)27-16-15-24(21-32-27)33-20-19-26-28(33)17-18-30-31(26)25-13-7-8-14-29(25)34(30)23-11-5-2-6-12-23/h1-21H. The number of benzene rings is 4. The van der Waals surface area contributed by atoms with E-state index in [4.69, 9.17) is 4.98 Å². The molecule has 7 aromatic rings. The maximum Gasteiger partial charge on any atom is 0.0703 e. The smallest absolute Gasteiger partial charge is 0.0703 e. The molecular weight excluding hydrogens is 414 g/mol. The van der Waals surface area contributed by atoms with Crippen molar-refractivity contribution in [1.82, 2.24) is 14.1 Å². The number of aromatic nitrogens is 3. The lowest BCUT2D eigenvalue weighted by molar-refractivity contribution is 1.10. The molecule has 3 heteroatoms. The van der Waals surface area contributed by atoms with E-state index >= 15 is 0 Å². The molecule has 0 spiro atoms. The molecular formula is C31H21N3. The monoisotopic (exact) mass is 435 g/mol. The highest BCUT2D eigenvalue weighted by molar-refractivity contribution is 6.21. The van der Waals surface area contributed by atoms with Gasteiger partial charge in [-0.3, -0.25) is 4.98 Å². The van der Waals surface area contributed by atoms with Crippen LogP contribution in [0.1, 0.15) is 0 Å². The van der Waals surface area contributed by atoms with Crippen LogP contribution in [0.25, 0.3) is 55.3 Å². The van der Waals surface area contributed by atoms with Crippen LogP contribution in [0.15, 0.2) is 128 Å². The van der Waals surface area contributed by atoms with Crippen molar-refractivity contribution in [3.8, 4) is 22.6 Å². The molecule has 34 heavy (non-hydrogen) atoms. The Morgan fingerprint density at radius 2 is 1.21 bits per heavy atom. The lowest BCUT2D eigenvalue weighted by Crippen LogP contribution is -1.95. The molecule has 0 fully saturated rings. The van der Waals surface area contributed by atoms with E-state index in [2.05, 4.69) is 112 Å². The molecule has 4 aromatic carbocycles. The van der Waals surface area contributed by atoms with E-state index in [9.17, 15) is 0 Å². The van der Waals surface area contributed by atoms with Gasteiger partial charge >= 0.3 is 0 Å². The SMILES string of the molecule is c1ccc(-c2ccc(-n3ccc4c5c6ccccc6n(-c6ccccc6)c5ccc43)cn2)cc1. The summed E-state index contributed by atoms with van der Waals surface area (Å²) in [4.78, 5) is 4.74. The summed E-state index contributed by atoms with van der Waals surface area (Å²) in [6.45, 7) is 0. The third-order valence-corrected chi connectivity index (χ3v) is 6.62. The Morgan fingerprint density at radius 1 is 0.500 bits per heavy atom. The first-order chi connectivity index (χ1) is 16.9. The van der Waals surface area contributed by atoms with Crippen LogP contribution in [0, 0.1) is 0 Å². The van der Waals surface area contributed by atoms with Crippen molar-refractivity contribution in [3.63, 3.8) is 0 Å². The second-order valence-corrected chi connectivity index (χ2v) is 8.53. The summed E-state index contributed by atoms with van der Waals surface area (Å²) >= 11 is 0. The Kier molecular flexibility index (Phi) is 4.15. The predicted molar refractivity (Wildman–Crippen MR) is 141 cm³/mol. The first-order valence-corrected chi connectivity index (χ1v) is 11.5. The van der Waals surface area contributed by atoms with Gasteiger partial charge in [0.1, 0.15) is 0 Å². The Labute approximate surface area is 197 Å². The molecule has 0 atom stereocenters. The van der Waals surface area contributed by atoms with Crippen LogP contribution in [-0.2, 0) is 0 Å². The van der Waals surface area contributed by atoms with Crippen LogP contribution < -0.4 is 0 Å². The summed E-state index contributed by atoms with van der Waals surface area (Å²) in [5.74, 6) is 0. The largest absolute Gasteiger partial charge is 0.315 e. The molecule has 3 heterocycles. The van der Waals surface area contributed by atoms with Gasteiger partial charge in [0.15, 0.2) is 0 Å². The zero-order chi connectivity index (χ0) is 22.5. The minimum atomic E-state index is 0.981. The molecule has 3 aromatic heterocycles. The third kappa shape index (κ3) is 2.81. The van der Waals surface area contributed by atoms with Gasteiger partial charge < -0.3 is 9.13 Å². The van der Waals surface area contributed by atoms with Gasteiger partial charge in [0.25, 0.3) is 0 Å². The highest BCUT2D eigenvalue weighted by Crippen LogP contribution is 2.37. The van der Waals surface area contributed by atoms with E-state index in [0.717, 1.165) is 16.9 Å². The zero-order valence-corrected chi connectivity index (χ0v) is 18.5.